The van der Waals surface area contributed by atoms with Gasteiger partial charge in [-0.1, -0.05) is 0 Å². The lowest BCUT2D eigenvalue weighted by Gasteiger charge is -2.37. The molecule has 0 bridgehead atoms. The third-order valence-corrected chi connectivity index (χ3v) is 3.89. The average molecular weight is 244 g/mol. The minimum atomic E-state index is -0.448. The highest BCUT2D eigenvalue weighted by molar-refractivity contribution is 5.79. The minimum Gasteiger partial charge on any atom is -0.393 e. The summed E-state index contributed by atoms with van der Waals surface area (Å²) in [7, 11) is 0. The topological polar surface area (TPSA) is 52.6 Å². The van der Waals surface area contributed by atoms with Crippen LogP contribution in [0.1, 0.15) is 19.3 Å². The van der Waals surface area contributed by atoms with Crippen molar-refractivity contribution in [2.75, 3.05) is 32.9 Å². The van der Waals surface area contributed by atoms with Crippen LogP contribution in [0, 0.1) is 11.8 Å². The summed E-state index contributed by atoms with van der Waals surface area (Å²) >= 11 is 0. The molecule has 2 fully saturated rings. The van der Waals surface area contributed by atoms with Gasteiger partial charge in [0.05, 0.1) is 18.7 Å². The van der Waals surface area contributed by atoms with Crippen molar-refractivity contribution in [3.63, 3.8) is 0 Å². The molecule has 0 spiro atoms. The van der Waals surface area contributed by atoms with Crippen molar-refractivity contribution < 1.29 is 14.3 Å². The molecule has 17 heavy (non-hydrogen) atoms. The lowest BCUT2D eigenvalue weighted by molar-refractivity contribution is -0.138. The molecule has 2 aliphatic rings. The number of rotatable bonds is 3. The summed E-state index contributed by atoms with van der Waals surface area (Å²) in [6.45, 7) is 2.36. The molecule has 2 aliphatic heterocycles. The van der Waals surface area contributed by atoms with Gasteiger partial charge in [0.15, 0.2) is 0 Å². The molecule has 2 heterocycles. The van der Waals surface area contributed by atoms with E-state index in [4.69, 9.17) is 0 Å². The van der Waals surface area contributed by atoms with Crippen molar-refractivity contribution in [3.05, 3.63) is 0 Å². The Bertz CT molecular complexity index is 269. The first-order chi connectivity index (χ1) is 8.22. The van der Waals surface area contributed by atoms with E-state index in [0.717, 1.165) is 19.5 Å². The summed E-state index contributed by atoms with van der Waals surface area (Å²) < 4.78 is 12.4. The molecule has 98 valence electrons. The Morgan fingerprint density at radius 1 is 1.47 bits per heavy atom. The number of nitrogens with one attached hydrogen (secondary N) is 1. The van der Waals surface area contributed by atoms with Crippen molar-refractivity contribution in [3.8, 4) is 0 Å². The van der Waals surface area contributed by atoms with Gasteiger partial charge >= 0.3 is 0 Å². The lowest BCUT2D eigenvalue weighted by atomic mass is 9.91. The standard InChI is InChI=1S/C12H21FN2O2/c13-4-1-10-8-15(6-3-11(10)16)12(17)9-2-5-14-7-9/h9-11,14,16H,1-8H2/t9-,10+,11+/m1/s1. The van der Waals surface area contributed by atoms with E-state index in [9.17, 15) is 14.3 Å². The predicted octanol–water partition coefficient (Wildman–Crippen LogP) is 0.165. The van der Waals surface area contributed by atoms with E-state index in [-0.39, 0.29) is 17.7 Å². The van der Waals surface area contributed by atoms with Crippen LogP contribution in [0.3, 0.4) is 0 Å². The second-order valence-electron chi connectivity index (χ2n) is 5.07. The largest absolute Gasteiger partial charge is 0.393 e. The molecule has 1 amide bonds. The van der Waals surface area contributed by atoms with E-state index < -0.39 is 12.8 Å². The van der Waals surface area contributed by atoms with E-state index in [2.05, 4.69) is 5.32 Å². The maximum atomic E-state index is 12.4. The number of amides is 1. The number of piperidine rings is 1. The Labute approximate surface area is 101 Å². The van der Waals surface area contributed by atoms with Crippen LogP contribution < -0.4 is 5.32 Å². The van der Waals surface area contributed by atoms with E-state index in [1.54, 1.807) is 0 Å². The Kier molecular flexibility index (Phi) is 4.34. The summed E-state index contributed by atoms with van der Waals surface area (Å²) in [5, 5.41) is 12.9. The number of hydrogen-bond acceptors (Lipinski definition) is 3. The first kappa shape index (κ1) is 12.8. The Balaban J connectivity index is 1.90. The first-order valence-corrected chi connectivity index (χ1v) is 6.46. The quantitative estimate of drug-likeness (QED) is 0.744. The zero-order valence-electron chi connectivity index (χ0n) is 10.1. The fourth-order valence-electron chi connectivity index (χ4n) is 2.77. The van der Waals surface area contributed by atoms with Gasteiger partial charge in [0.25, 0.3) is 0 Å². The van der Waals surface area contributed by atoms with E-state index in [1.807, 2.05) is 4.90 Å². The van der Waals surface area contributed by atoms with Crippen molar-refractivity contribution in [2.45, 2.75) is 25.4 Å². The molecule has 4 nitrogen and oxygen atoms in total. The van der Waals surface area contributed by atoms with Gasteiger partial charge in [-0.3, -0.25) is 9.18 Å². The number of aliphatic hydroxyl groups is 1. The molecule has 5 heteroatoms. The van der Waals surface area contributed by atoms with Crippen LogP contribution in [0.15, 0.2) is 0 Å². The van der Waals surface area contributed by atoms with Gasteiger partial charge in [0.2, 0.25) is 5.91 Å². The summed E-state index contributed by atoms with van der Waals surface area (Å²) in [5.41, 5.74) is 0. The number of carbonyl (C=O) groups excluding carboxylic acids is 1. The van der Waals surface area contributed by atoms with Crippen molar-refractivity contribution in [2.24, 2.45) is 11.8 Å². The summed E-state index contributed by atoms with van der Waals surface area (Å²) in [5.74, 6) is 0.161. The minimum absolute atomic E-state index is 0.0799. The highest BCUT2D eigenvalue weighted by Crippen LogP contribution is 2.23. The number of hydrogen-bond donors (Lipinski definition) is 2. The van der Waals surface area contributed by atoms with Crippen LogP contribution in [-0.2, 0) is 4.79 Å². The van der Waals surface area contributed by atoms with Crippen LogP contribution >= 0.6 is 0 Å². The number of carbonyl (C=O) groups is 1. The van der Waals surface area contributed by atoms with Gasteiger partial charge in [-0.15, -0.1) is 0 Å². The summed E-state index contributed by atoms with van der Waals surface area (Å²) in [6, 6.07) is 0. The van der Waals surface area contributed by atoms with Crippen LogP contribution in [-0.4, -0.2) is 54.9 Å². The first-order valence-electron chi connectivity index (χ1n) is 6.46. The highest BCUT2D eigenvalue weighted by Gasteiger charge is 2.33. The molecule has 0 aromatic heterocycles. The molecule has 3 atom stereocenters. The second kappa shape index (κ2) is 5.78. The SMILES string of the molecule is O=C([C@@H]1CCNC1)N1CC[C@H](O)[C@@H](CCF)C1. The molecule has 2 saturated heterocycles. The van der Waals surface area contributed by atoms with E-state index in [0.29, 0.717) is 25.9 Å². The summed E-state index contributed by atoms with van der Waals surface area (Å²) in [6.07, 6.45) is 1.38. The Morgan fingerprint density at radius 2 is 2.29 bits per heavy atom. The number of halogens is 1. The van der Waals surface area contributed by atoms with Gasteiger partial charge in [-0.25, -0.2) is 0 Å². The molecule has 0 aromatic rings. The summed E-state index contributed by atoms with van der Waals surface area (Å²) in [4.78, 5) is 14.0. The van der Waals surface area contributed by atoms with Gasteiger partial charge < -0.3 is 15.3 Å². The number of aliphatic hydroxyl groups excluding tert-OH is 1. The zero-order valence-corrected chi connectivity index (χ0v) is 10.1. The predicted molar refractivity (Wildman–Crippen MR) is 62.3 cm³/mol. The third-order valence-electron chi connectivity index (χ3n) is 3.89. The molecule has 0 aromatic carbocycles. The number of nitrogens with zero attached hydrogens (tertiary/aromatic N) is 1. The van der Waals surface area contributed by atoms with Gasteiger partial charge in [0.1, 0.15) is 0 Å². The lowest BCUT2D eigenvalue weighted by Crippen LogP contribution is -2.48. The average Bonchev–Trinajstić information content (AvgIpc) is 2.85. The number of likely N-dealkylation sites (tertiary alicyclic amines) is 1. The van der Waals surface area contributed by atoms with Gasteiger partial charge in [-0.05, 0) is 25.8 Å². The molecule has 2 rings (SSSR count). The molecule has 2 N–H and O–H groups in total. The van der Waals surface area contributed by atoms with E-state index in [1.165, 1.54) is 0 Å². The van der Waals surface area contributed by atoms with Crippen molar-refractivity contribution in [1.82, 2.24) is 10.2 Å². The maximum absolute atomic E-state index is 12.4. The van der Waals surface area contributed by atoms with Crippen LogP contribution in [0.5, 0.6) is 0 Å². The Hall–Kier alpha value is -0.680. The van der Waals surface area contributed by atoms with E-state index >= 15 is 0 Å². The highest BCUT2D eigenvalue weighted by atomic mass is 19.1. The molecular weight excluding hydrogens is 223 g/mol. The molecular formula is C12H21FN2O2. The maximum Gasteiger partial charge on any atom is 0.227 e. The Morgan fingerprint density at radius 3 is 2.94 bits per heavy atom. The zero-order chi connectivity index (χ0) is 12.3. The molecule has 0 aliphatic carbocycles. The fourth-order valence-corrected chi connectivity index (χ4v) is 2.77. The van der Waals surface area contributed by atoms with Crippen LogP contribution in [0.4, 0.5) is 4.39 Å². The fraction of sp³-hybridized carbons (Fsp3) is 0.917. The molecule has 0 radical (unpaired) electrons. The second-order valence-corrected chi connectivity index (χ2v) is 5.07. The molecule has 0 saturated carbocycles. The van der Waals surface area contributed by atoms with Gasteiger partial charge in [0, 0.05) is 25.6 Å². The molecule has 0 unspecified atom stereocenters. The monoisotopic (exact) mass is 244 g/mol. The van der Waals surface area contributed by atoms with Crippen molar-refractivity contribution in [1.29, 1.82) is 0 Å². The van der Waals surface area contributed by atoms with Crippen LogP contribution in [0.2, 0.25) is 0 Å². The number of alkyl halides is 1. The normalized spacial score (nSPS) is 34.0. The third kappa shape index (κ3) is 2.96. The van der Waals surface area contributed by atoms with Crippen LogP contribution in [0.25, 0.3) is 0 Å². The van der Waals surface area contributed by atoms with Gasteiger partial charge in [-0.2, -0.15) is 0 Å². The van der Waals surface area contributed by atoms with Crippen molar-refractivity contribution >= 4 is 5.91 Å². The smallest absolute Gasteiger partial charge is 0.227 e.